The summed E-state index contributed by atoms with van der Waals surface area (Å²) in [4.78, 5) is 22.8. The number of esters is 1. The predicted molar refractivity (Wildman–Crippen MR) is 82.4 cm³/mol. The van der Waals surface area contributed by atoms with Crippen molar-refractivity contribution in [2.45, 2.75) is 13.8 Å². The van der Waals surface area contributed by atoms with Gasteiger partial charge in [-0.2, -0.15) is 5.10 Å². The van der Waals surface area contributed by atoms with Gasteiger partial charge in [0.25, 0.3) is 5.91 Å². The standard InChI is InChI=1S/C15H16ClN3O3/c1-9-14(16)10(2)19(18-9)12-6-4-11(5-7-12)15(21)22-8-13(20)17-3/h4-7H,8H2,1-3H3,(H,17,20). The number of nitrogens with zero attached hydrogens (tertiary/aromatic N) is 2. The highest BCUT2D eigenvalue weighted by molar-refractivity contribution is 6.31. The van der Waals surface area contributed by atoms with Crippen LogP contribution in [-0.2, 0) is 9.53 Å². The van der Waals surface area contributed by atoms with Gasteiger partial charge in [-0.25, -0.2) is 9.48 Å². The smallest absolute Gasteiger partial charge is 0.338 e. The zero-order chi connectivity index (χ0) is 16.3. The minimum atomic E-state index is -0.554. The fourth-order valence-electron chi connectivity index (χ4n) is 1.90. The molecule has 1 heterocycles. The second-order valence-corrected chi connectivity index (χ2v) is 5.07. The number of ether oxygens (including phenoxy) is 1. The van der Waals surface area contributed by atoms with E-state index in [4.69, 9.17) is 16.3 Å². The third-order valence-corrected chi connectivity index (χ3v) is 3.71. The summed E-state index contributed by atoms with van der Waals surface area (Å²) >= 11 is 6.12. The van der Waals surface area contributed by atoms with Crippen LogP contribution in [0.4, 0.5) is 0 Å². The van der Waals surface area contributed by atoms with E-state index < -0.39 is 5.97 Å². The number of halogens is 1. The zero-order valence-electron chi connectivity index (χ0n) is 12.5. The SMILES string of the molecule is CNC(=O)COC(=O)c1ccc(-n2nc(C)c(Cl)c2C)cc1. The van der Waals surface area contributed by atoms with E-state index in [9.17, 15) is 9.59 Å². The molecular formula is C15H16ClN3O3. The second kappa shape index (κ2) is 6.62. The fourth-order valence-corrected chi connectivity index (χ4v) is 2.02. The van der Waals surface area contributed by atoms with Crippen LogP contribution in [0.1, 0.15) is 21.7 Å². The third-order valence-electron chi connectivity index (χ3n) is 3.16. The van der Waals surface area contributed by atoms with Crippen LogP contribution in [0.2, 0.25) is 5.02 Å². The van der Waals surface area contributed by atoms with Crippen molar-refractivity contribution in [2.24, 2.45) is 0 Å². The molecule has 1 aromatic carbocycles. The lowest BCUT2D eigenvalue weighted by Gasteiger charge is -2.07. The molecule has 1 amide bonds. The number of benzene rings is 1. The molecule has 0 aliphatic carbocycles. The first kappa shape index (κ1) is 16.0. The van der Waals surface area contributed by atoms with Crippen LogP contribution >= 0.6 is 11.6 Å². The molecule has 7 heteroatoms. The van der Waals surface area contributed by atoms with Gasteiger partial charge in [-0.15, -0.1) is 0 Å². The van der Waals surface area contributed by atoms with Crippen LogP contribution in [0, 0.1) is 13.8 Å². The minimum Gasteiger partial charge on any atom is -0.452 e. The van der Waals surface area contributed by atoms with Gasteiger partial charge >= 0.3 is 5.97 Å². The number of amides is 1. The molecule has 0 fully saturated rings. The Morgan fingerprint density at radius 1 is 1.27 bits per heavy atom. The number of likely N-dealkylation sites (N-methyl/N-ethyl adjacent to an activating group) is 1. The van der Waals surface area contributed by atoms with Gasteiger partial charge in [0.05, 0.1) is 27.7 Å². The summed E-state index contributed by atoms with van der Waals surface area (Å²) in [6, 6.07) is 6.72. The molecule has 0 unspecified atom stereocenters. The number of aryl methyl sites for hydroxylation is 1. The van der Waals surface area contributed by atoms with Gasteiger partial charge in [-0.3, -0.25) is 4.79 Å². The number of hydrogen-bond donors (Lipinski definition) is 1. The highest BCUT2D eigenvalue weighted by Crippen LogP contribution is 2.22. The number of nitrogens with one attached hydrogen (secondary N) is 1. The van der Waals surface area contributed by atoms with Crippen LogP contribution in [-0.4, -0.2) is 35.3 Å². The summed E-state index contributed by atoms with van der Waals surface area (Å²) in [5.41, 5.74) is 2.72. The molecule has 0 radical (unpaired) electrons. The first-order valence-corrected chi connectivity index (χ1v) is 7.01. The van der Waals surface area contributed by atoms with Gasteiger partial charge < -0.3 is 10.1 Å². The number of carbonyl (C=O) groups is 2. The normalized spacial score (nSPS) is 10.4. The van der Waals surface area contributed by atoms with Crippen molar-refractivity contribution in [1.29, 1.82) is 0 Å². The molecule has 0 saturated carbocycles. The van der Waals surface area contributed by atoms with Crippen LogP contribution in [0.15, 0.2) is 24.3 Å². The molecule has 0 aliphatic rings. The summed E-state index contributed by atoms with van der Waals surface area (Å²) in [7, 11) is 1.48. The van der Waals surface area contributed by atoms with Crippen LogP contribution in [0.5, 0.6) is 0 Å². The van der Waals surface area contributed by atoms with Gasteiger partial charge in [0.1, 0.15) is 0 Å². The van der Waals surface area contributed by atoms with Crippen molar-refractivity contribution in [3.8, 4) is 5.69 Å². The van der Waals surface area contributed by atoms with E-state index in [-0.39, 0.29) is 12.5 Å². The van der Waals surface area contributed by atoms with E-state index in [1.54, 1.807) is 28.9 Å². The quantitative estimate of drug-likeness (QED) is 0.875. The van der Waals surface area contributed by atoms with Crippen LogP contribution < -0.4 is 5.32 Å². The molecular weight excluding hydrogens is 306 g/mol. The Hall–Kier alpha value is -2.34. The van der Waals surface area contributed by atoms with Crippen molar-refractivity contribution >= 4 is 23.5 Å². The number of rotatable bonds is 4. The van der Waals surface area contributed by atoms with E-state index >= 15 is 0 Å². The lowest BCUT2D eigenvalue weighted by atomic mass is 10.2. The molecule has 6 nitrogen and oxygen atoms in total. The van der Waals surface area contributed by atoms with Crippen molar-refractivity contribution in [1.82, 2.24) is 15.1 Å². The lowest BCUT2D eigenvalue weighted by Crippen LogP contribution is -2.25. The highest BCUT2D eigenvalue weighted by Gasteiger charge is 2.13. The zero-order valence-corrected chi connectivity index (χ0v) is 13.3. The predicted octanol–water partition coefficient (Wildman–Crippen LogP) is 2.05. The number of carbonyl (C=O) groups excluding carboxylic acids is 2. The summed E-state index contributed by atoms with van der Waals surface area (Å²) in [6.07, 6.45) is 0. The first-order valence-electron chi connectivity index (χ1n) is 6.64. The summed E-state index contributed by atoms with van der Waals surface area (Å²) < 4.78 is 6.58. The molecule has 1 aromatic heterocycles. The van der Waals surface area contributed by atoms with E-state index in [0.29, 0.717) is 10.6 Å². The van der Waals surface area contributed by atoms with E-state index in [1.807, 2.05) is 13.8 Å². The molecule has 0 bridgehead atoms. The maximum Gasteiger partial charge on any atom is 0.338 e. The molecule has 22 heavy (non-hydrogen) atoms. The third kappa shape index (κ3) is 3.28. The average molecular weight is 322 g/mol. The molecule has 0 spiro atoms. The van der Waals surface area contributed by atoms with Gasteiger partial charge in [-0.05, 0) is 38.1 Å². The Morgan fingerprint density at radius 2 is 1.91 bits per heavy atom. The molecule has 116 valence electrons. The molecule has 2 aromatic rings. The number of hydrogen-bond acceptors (Lipinski definition) is 4. The monoisotopic (exact) mass is 321 g/mol. The summed E-state index contributed by atoms with van der Waals surface area (Å²) in [5.74, 6) is -0.913. The van der Waals surface area contributed by atoms with Gasteiger partial charge in [0.15, 0.2) is 6.61 Å². The lowest BCUT2D eigenvalue weighted by molar-refractivity contribution is -0.123. The van der Waals surface area contributed by atoms with E-state index in [2.05, 4.69) is 10.4 Å². The largest absolute Gasteiger partial charge is 0.452 e. The molecule has 0 aliphatic heterocycles. The maximum absolute atomic E-state index is 11.8. The minimum absolute atomic E-state index is 0.301. The van der Waals surface area contributed by atoms with Crippen LogP contribution in [0.3, 0.4) is 0 Å². The Morgan fingerprint density at radius 3 is 2.41 bits per heavy atom. The van der Waals surface area contributed by atoms with Crippen molar-refractivity contribution in [3.63, 3.8) is 0 Å². The average Bonchev–Trinajstić information content (AvgIpc) is 2.80. The van der Waals surface area contributed by atoms with E-state index in [1.165, 1.54) is 7.05 Å². The van der Waals surface area contributed by atoms with Gasteiger partial charge in [0, 0.05) is 7.05 Å². The molecule has 0 atom stereocenters. The summed E-state index contributed by atoms with van der Waals surface area (Å²) in [6.45, 7) is 3.40. The Labute approximate surface area is 133 Å². The van der Waals surface area contributed by atoms with Crippen molar-refractivity contribution in [3.05, 3.63) is 46.2 Å². The van der Waals surface area contributed by atoms with Crippen molar-refractivity contribution in [2.75, 3.05) is 13.7 Å². The van der Waals surface area contributed by atoms with Gasteiger partial charge in [-0.1, -0.05) is 11.6 Å². The first-order chi connectivity index (χ1) is 10.4. The number of aromatic nitrogens is 2. The topological polar surface area (TPSA) is 73.2 Å². The van der Waals surface area contributed by atoms with Crippen molar-refractivity contribution < 1.29 is 14.3 Å². The fraction of sp³-hybridized carbons (Fsp3) is 0.267. The highest BCUT2D eigenvalue weighted by atomic mass is 35.5. The maximum atomic E-state index is 11.8. The second-order valence-electron chi connectivity index (χ2n) is 4.69. The Balaban J connectivity index is 2.15. The van der Waals surface area contributed by atoms with Gasteiger partial charge in [0.2, 0.25) is 0 Å². The Bertz CT molecular complexity index is 708. The summed E-state index contributed by atoms with van der Waals surface area (Å²) in [5, 5.41) is 7.34. The molecule has 2 rings (SSSR count). The molecule has 1 N–H and O–H groups in total. The van der Waals surface area contributed by atoms with E-state index in [0.717, 1.165) is 17.1 Å². The molecule has 0 saturated heterocycles. The Kier molecular flexibility index (Phi) is 4.82. The van der Waals surface area contributed by atoms with Crippen LogP contribution in [0.25, 0.3) is 5.69 Å².